The van der Waals surface area contributed by atoms with Gasteiger partial charge in [0.2, 0.25) is 0 Å². The predicted octanol–water partition coefficient (Wildman–Crippen LogP) is 12.9. The van der Waals surface area contributed by atoms with Crippen molar-refractivity contribution < 1.29 is 8.97 Å². The van der Waals surface area contributed by atoms with Crippen LogP contribution in [0.15, 0.2) is 0 Å². The van der Waals surface area contributed by atoms with Crippen LogP contribution in [0.2, 0.25) is 0 Å². The monoisotopic (exact) mass is 595 g/mol. The second-order valence-electron chi connectivity index (χ2n) is 14.5. The average Bonchev–Trinajstić information content (AvgIpc) is 2.98. The Morgan fingerprint density at radius 2 is 0.381 bits per heavy atom. The van der Waals surface area contributed by atoms with E-state index in [9.17, 15) is 0 Å². The van der Waals surface area contributed by atoms with Gasteiger partial charge in [0.1, 0.15) is 0 Å². The van der Waals surface area contributed by atoms with E-state index < -0.39 is 0 Å². The van der Waals surface area contributed by atoms with Crippen molar-refractivity contribution in [2.24, 2.45) is 0 Å². The number of hydrogen-bond acceptors (Lipinski definition) is 0. The van der Waals surface area contributed by atoms with Gasteiger partial charge < -0.3 is 8.97 Å². The summed E-state index contributed by atoms with van der Waals surface area (Å²) in [7, 11) is 0. The van der Waals surface area contributed by atoms with Crippen LogP contribution in [0, 0.1) is 0 Å². The maximum atomic E-state index is 2.43. The quantitative estimate of drug-likeness (QED) is 0.0505. The van der Waals surface area contributed by atoms with Crippen LogP contribution >= 0.6 is 0 Å². The fourth-order valence-electron chi connectivity index (χ4n) is 8.00. The summed E-state index contributed by atoms with van der Waals surface area (Å²) >= 11 is 0. The molecule has 0 aromatic heterocycles. The highest BCUT2D eigenvalue weighted by Crippen LogP contribution is 2.20. The summed E-state index contributed by atoms with van der Waals surface area (Å²) in [5, 5.41) is 0. The summed E-state index contributed by atoms with van der Waals surface area (Å²) < 4.78 is 2.84. The third-order valence-electron chi connectivity index (χ3n) is 10.3. The number of unbranched alkanes of at least 4 members (excludes halogenated alkanes) is 19. The van der Waals surface area contributed by atoms with Gasteiger partial charge in [-0.05, 0) is 51.4 Å². The molecule has 0 rings (SSSR count). The van der Waals surface area contributed by atoms with Gasteiger partial charge in [-0.3, -0.25) is 0 Å². The second-order valence-corrected chi connectivity index (χ2v) is 14.5. The van der Waals surface area contributed by atoms with Gasteiger partial charge in [0, 0.05) is 12.8 Å². The molecule has 0 amide bonds. The molecule has 0 aromatic rings. The number of hydrogen-bond donors (Lipinski definition) is 0. The summed E-state index contributed by atoms with van der Waals surface area (Å²) in [6.45, 7) is 25.8. The normalized spacial score (nSPS) is 12.4. The van der Waals surface area contributed by atoms with E-state index >= 15 is 0 Å². The third-order valence-corrected chi connectivity index (χ3v) is 10.3. The molecule has 2 heteroatoms. The Labute approximate surface area is 269 Å². The van der Waals surface area contributed by atoms with Crippen molar-refractivity contribution in [3.63, 3.8) is 0 Å². The maximum Gasteiger partial charge on any atom is 0.0788 e. The zero-order valence-electron chi connectivity index (χ0n) is 30.9. The van der Waals surface area contributed by atoms with Crippen LogP contribution in [0.5, 0.6) is 0 Å². The van der Waals surface area contributed by atoms with Gasteiger partial charge in [0.05, 0.1) is 52.4 Å². The van der Waals surface area contributed by atoms with Crippen molar-refractivity contribution >= 4 is 0 Å². The van der Waals surface area contributed by atoms with Crippen molar-refractivity contribution in [1.29, 1.82) is 0 Å². The van der Waals surface area contributed by atoms with Crippen LogP contribution in [0.4, 0.5) is 0 Å². The van der Waals surface area contributed by atoms with Crippen molar-refractivity contribution in [2.45, 2.75) is 208 Å². The van der Waals surface area contributed by atoms with E-state index in [1.165, 1.54) is 228 Å². The molecular formula is C40H86N2+2. The summed E-state index contributed by atoms with van der Waals surface area (Å²) in [6.07, 6.45) is 37.4. The lowest BCUT2D eigenvalue weighted by Gasteiger charge is -2.41. The molecule has 42 heavy (non-hydrogen) atoms. The van der Waals surface area contributed by atoms with E-state index in [0.717, 1.165) is 0 Å². The molecule has 0 atom stereocenters. The lowest BCUT2D eigenvalue weighted by atomic mass is 10.1. The van der Waals surface area contributed by atoms with E-state index in [0.29, 0.717) is 0 Å². The smallest absolute Gasteiger partial charge is 0.0788 e. The molecule has 0 aliphatic heterocycles. The van der Waals surface area contributed by atoms with Crippen molar-refractivity contribution in [2.75, 3.05) is 52.4 Å². The van der Waals surface area contributed by atoms with Crippen LogP contribution < -0.4 is 0 Å². The van der Waals surface area contributed by atoms with E-state index in [2.05, 4.69) is 41.5 Å². The lowest BCUT2D eigenvalue weighted by molar-refractivity contribution is -0.934. The summed E-state index contributed by atoms with van der Waals surface area (Å²) in [6, 6.07) is 0. The van der Waals surface area contributed by atoms with Gasteiger partial charge in [0.25, 0.3) is 0 Å². The molecule has 0 spiro atoms. The fourth-order valence-corrected chi connectivity index (χ4v) is 8.00. The van der Waals surface area contributed by atoms with E-state index in [4.69, 9.17) is 0 Å². The Bertz CT molecular complexity index is 458. The maximum absolute atomic E-state index is 2.43. The molecule has 0 fully saturated rings. The molecule has 2 nitrogen and oxygen atoms in total. The van der Waals surface area contributed by atoms with E-state index in [1.807, 2.05) is 0 Å². The Kier molecular flexibility index (Phi) is 30.9. The fraction of sp³-hybridized carbons (Fsp3) is 1.00. The Morgan fingerprint density at radius 3 is 0.595 bits per heavy atom. The third kappa shape index (κ3) is 23.3. The molecule has 254 valence electrons. The van der Waals surface area contributed by atoms with Crippen molar-refractivity contribution in [3.05, 3.63) is 0 Å². The first-order chi connectivity index (χ1) is 20.6. The van der Waals surface area contributed by atoms with Gasteiger partial charge in [-0.15, -0.1) is 0 Å². The number of nitrogens with zero attached hydrogens (tertiary/aromatic N) is 2. The largest absolute Gasteiger partial charge is 0.324 e. The minimum atomic E-state index is 1.35. The van der Waals surface area contributed by atoms with E-state index in [1.54, 1.807) is 0 Å². The molecule has 0 saturated heterocycles. The first-order valence-corrected chi connectivity index (χ1v) is 20.3. The summed E-state index contributed by atoms with van der Waals surface area (Å²) in [5.74, 6) is 0. The van der Waals surface area contributed by atoms with Gasteiger partial charge in [0.15, 0.2) is 0 Å². The average molecular weight is 595 g/mol. The molecule has 0 saturated carbocycles. The highest BCUT2D eigenvalue weighted by atomic mass is 15.4. The molecule has 0 heterocycles. The van der Waals surface area contributed by atoms with Crippen molar-refractivity contribution in [3.8, 4) is 0 Å². The molecule has 0 N–H and O–H groups in total. The summed E-state index contributed by atoms with van der Waals surface area (Å²) in [5.41, 5.74) is 0. The molecule has 0 bridgehead atoms. The Balaban J connectivity index is 4.58. The molecule has 0 radical (unpaired) electrons. The molecular weight excluding hydrogens is 508 g/mol. The second kappa shape index (κ2) is 30.9. The molecule has 0 aliphatic carbocycles. The Morgan fingerprint density at radius 1 is 0.190 bits per heavy atom. The number of rotatable bonds is 35. The van der Waals surface area contributed by atoms with Crippen LogP contribution in [0.25, 0.3) is 0 Å². The van der Waals surface area contributed by atoms with Crippen LogP contribution in [0.1, 0.15) is 208 Å². The van der Waals surface area contributed by atoms with Crippen LogP contribution in [-0.2, 0) is 0 Å². The van der Waals surface area contributed by atoms with Gasteiger partial charge in [-0.2, -0.15) is 0 Å². The van der Waals surface area contributed by atoms with Gasteiger partial charge >= 0.3 is 0 Å². The zero-order valence-corrected chi connectivity index (χ0v) is 30.9. The number of quaternary nitrogens is 2. The topological polar surface area (TPSA) is 0 Å². The van der Waals surface area contributed by atoms with Gasteiger partial charge in [-0.1, -0.05) is 144 Å². The standard InChI is InChI=1S/C40H86N2/c1-7-13-15-17-19-21-23-25-27-29-37-41(33-9-3,34-10-4)39-31-32-40-42(35-11-5,36-12-6)38-30-28-26-24-22-20-18-16-14-8-2/h7-40H2,1-6H3/q+2. The minimum Gasteiger partial charge on any atom is -0.324 e. The van der Waals surface area contributed by atoms with Crippen LogP contribution in [0.3, 0.4) is 0 Å². The first-order valence-electron chi connectivity index (χ1n) is 20.3. The predicted molar refractivity (Wildman–Crippen MR) is 194 cm³/mol. The minimum absolute atomic E-state index is 1.35. The highest BCUT2D eigenvalue weighted by molar-refractivity contribution is 4.54. The Hall–Kier alpha value is -0.0800. The van der Waals surface area contributed by atoms with Crippen molar-refractivity contribution in [1.82, 2.24) is 0 Å². The summed E-state index contributed by atoms with van der Waals surface area (Å²) in [4.78, 5) is 0. The van der Waals surface area contributed by atoms with Crippen LogP contribution in [-0.4, -0.2) is 61.3 Å². The zero-order chi connectivity index (χ0) is 31.0. The SMILES string of the molecule is CCCCCCCCCCCC[N+](CCC)(CCC)CCCC[N+](CCC)(CCC)CCCCCCCCCCCC. The van der Waals surface area contributed by atoms with Gasteiger partial charge in [-0.25, -0.2) is 0 Å². The lowest BCUT2D eigenvalue weighted by Crippen LogP contribution is -2.52. The van der Waals surface area contributed by atoms with E-state index in [-0.39, 0.29) is 0 Å². The molecule has 0 aromatic carbocycles. The highest BCUT2D eigenvalue weighted by Gasteiger charge is 2.28. The first kappa shape index (κ1) is 41.9. The molecule has 0 aliphatic rings. The molecule has 0 unspecified atom stereocenters.